The molecule has 1 aromatic heterocycles. The molecule has 1 N–H and O–H groups in total. The van der Waals surface area contributed by atoms with Gasteiger partial charge in [0.05, 0.1) is 15.8 Å². The maximum atomic E-state index is 12.7. The molecule has 0 radical (unpaired) electrons. The van der Waals surface area contributed by atoms with Gasteiger partial charge in [0.15, 0.2) is 5.13 Å². The number of halogens is 6. The molecule has 1 aliphatic heterocycles. The molecule has 0 saturated carbocycles. The van der Waals surface area contributed by atoms with E-state index in [0.717, 1.165) is 17.0 Å². The van der Waals surface area contributed by atoms with Gasteiger partial charge in [-0.05, 0) is 37.0 Å². The molecule has 4 nitrogen and oxygen atoms in total. The van der Waals surface area contributed by atoms with Crippen LogP contribution >= 0.6 is 11.3 Å². The van der Waals surface area contributed by atoms with Crippen molar-refractivity contribution in [2.75, 3.05) is 25.0 Å². The largest absolute Gasteiger partial charge is 0.471 e. The third kappa shape index (κ3) is 4.63. The zero-order valence-corrected chi connectivity index (χ0v) is 14.6. The molecule has 1 amide bonds. The zero-order valence-electron chi connectivity index (χ0n) is 13.8. The molecule has 2 heterocycles. The fraction of sp³-hybridized carbons (Fsp3) is 0.500. The van der Waals surface area contributed by atoms with E-state index in [9.17, 15) is 31.1 Å². The Kier molecular flexibility index (Phi) is 5.24. The number of rotatable bonds is 3. The van der Waals surface area contributed by atoms with Crippen LogP contribution in [-0.2, 0) is 11.0 Å². The lowest BCUT2D eigenvalue weighted by Crippen LogP contribution is -2.46. The van der Waals surface area contributed by atoms with Crippen LogP contribution in [-0.4, -0.2) is 41.6 Å². The van der Waals surface area contributed by atoms with Gasteiger partial charge in [-0.1, -0.05) is 11.3 Å². The van der Waals surface area contributed by atoms with Gasteiger partial charge in [-0.25, -0.2) is 4.98 Å². The van der Waals surface area contributed by atoms with Gasteiger partial charge in [0, 0.05) is 19.6 Å². The number of nitrogens with zero attached hydrogens (tertiary/aromatic N) is 2. The molecule has 3 rings (SSSR count). The summed E-state index contributed by atoms with van der Waals surface area (Å²) in [5.41, 5.74) is -0.531. The van der Waals surface area contributed by atoms with Gasteiger partial charge in [-0.2, -0.15) is 26.3 Å². The van der Waals surface area contributed by atoms with Crippen molar-refractivity contribution in [2.45, 2.75) is 25.2 Å². The summed E-state index contributed by atoms with van der Waals surface area (Å²) in [5, 5.41) is 3.49. The van der Waals surface area contributed by atoms with Gasteiger partial charge in [-0.15, -0.1) is 0 Å². The molecule has 0 bridgehead atoms. The Morgan fingerprint density at radius 2 is 1.85 bits per heavy atom. The number of fused-ring (bicyclic) bond motifs is 1. The Morgan fingerprint density at radius 1 is 1.19 bits per heavy atom. The molecule has 1 aromatic carbocycles. The Morgan fingerprint density at radius 3 is 2.44 bits per heavy atom. The quantitative estimate of drug-likeness (QED) is 0.755. The number of carbonyl (C=O) groups excluding carboxylic acids is 1. The minimum Gasteiger partial charge on any atom is -0.361 e. The van der Waals surface area contributed by atoms with Crippen LogP contribution in [0.15, 0.2) is 18.2 Å². The number of aromatic nitrogens is 1. The number of nitrogens with one attached hydrogen (secondary N) is 1. The number of alkyl halides is 6. The predicted molar refractivity (Wildman–Crippen MR) is 88.5 cm³/mol. The summed E-state index contributed by atoms with van der Waals surface area (Å²) in [6.45, 7) is 0.485. The van der Waals surface area contributed by atoms with E-state index < -0.39 is 23.8 Å². The van der Waals surface area contributed by atoms with Gasteiger partial charge < -0.3 is 10.2 Å². The number of hydrogen-bond acceptors (Lipinski definition) is 4. The SMILES string of the molecule is O=C(N1CCC(CNc2nc3cc(C(F)(F)F)ccc3s2)CC1)C(F)(F)F. The fourth-order valence-corrected chi connectivity index (χ4v) is 3.78. The van der Waals surface area contributed by atoms with Crippen molar-refractivity contribution in [3.63, 3.8) is 0 Å². The Labute approximate surface area is 154 Å². The molecule has 0 spiro atoms. The van der Waals surface area contributed by atoms with Crippen molar-refractivity contribution >= 4 is 32.6 Å². The number of carbonyl (C=O) groups is 1. The summed E-state index contributed by atoms with van der Waals surface area (Å²) in [7, 11) is 0. The minimum absolute atomic E-state index is 0.0273. The smallest absolute Gasteiger partial charge is 0.361 e. The van der Waals surface area contributed by atoms with Crippen molar-refractivity contribution in [3.8, 4) is 0 Å². The van der Waals surface area contributed by atoms with Crippen LogP contribution in [0, 0.1) is 5.92 Å². The molecule has 0 aliphatic carbocycles. The standard InChI is InChI=1S/C16H15F6N3OS/c17-15(18,19)10-1-2-12-11(7-10)24-14(27-12)23-8-9-3-5-25(6-4-9)13(26)16(20,21)22/h1-2,7,9H,3-6,8H2,(H,23,24). The summed E-state index contributed by atoms with van der Waals surface area (Å²) in [6, 6.07) is 3.35. The normalized spacial score (nSPS) is 16.7. The van der Waals surface area contributed by atoms with Crippen LogP contribution in [0.2, 0.25) is 0 Å². The van der Waals surface area contributed by atoms with Crippen LogP contribution < -0.4 is 5.32 Å². The summed E-state index contributed by atoms with van der Waals surface area (Å²) in [5.74, 6) is -1.76. The molecule has 27 heavy (non-hydrogen) atoms. The average Bonchev–Trinajstić information content (AvgIpc) is 3.00. The molecular weight excluding hydrogens is 396 g/mol. The molecule has 1 aliphatic rings. The van der Waals surface area contributed by atoms with Gasteiger partial charge in [0.1, 0.15) is 0 Å². The van der Waals surface area contributed by atoms with E-state index in [-0.39, 0.29) is 24.5 Å². The highest BCUT2D eigenvalue weighted by Crippen LogP contribution is 2.34. The molecule has 0 atom stereocenters. The molecule has 1 fully saturated rings. The second-order valence-electron chi connectivity index (χ2n) is 6.31. The number of piperidine rings is 1. The van der Waals surface area contributed by atoms with E-state index in [2.05, 4.69) is 10.3 Å². The first-order valence-corrected chi connectivity index (χ1v) is 8.93. The lowest BCUT2D eigenvalue weighted by molar-refractivity contribution is -0.186. The van der Waals surface area contributed by atoms with Crippen LogP contribution in [0.3, 0.4) is 0 Å². The number of benzene rings is 1. The number of amides is 1. The highest BCUT2D eigenvalue weighted by Gasteiger charge is 2.43. The maximum absolute atomic E-state index is 12.7. The lowest BCUT2D eigenvalue weighted by atomic mass is 9.97. The first kappa shape index (κ1) is 19.7. The fourth-order valence-electron chi connectivity index (χ4n) is 2.93. The van der Waals surface area contributed by atoms with Crippen molar-refractivity contribution < 1.29 is 31.1 Å². The van der Waals surface area contributed by atoms with Crippen LogP contribution in [0.25, 0.3) is 10.2 Å². The van der Waals surface area contributed by atoms with E-state index in [1.807, 2.05) is 0 Å². The van der Waals surface area contributed by atoms with Gasteiger partial charge in [0.2, 0.25) is 0 Å². The monoisotopic (exact) mass is 411 g/mol. The van der Waals surface area contributed by atoms with Crippen molar-refractivity contribution in [2.24, 2.45) is 5.92 Å². The highest BCUT2D eigenvalue weighted by molar-refractivity contribution is 7.22. The topological polar surface area (TPSA) is 45.2 Å². The first-order valence-electron chi connectivity index (χ1n) is 8.12. The number of thiazole rings is 1. The zero-order chi connectivity index (χ0) is 19.8. The Bertz CT molecular complexity index is 824. The second-order valence-corrected chi connectivity index (χ2v) is 7.34. The summed E-state index contributed by atoms with van der Waals surface area (Å²) in [6.07, 6.45) is -8.47. The Balaban J connectivity index is 1.56. The summed E-state index contributed by atoms with van der Waals surface area (Å²) in [4.78, 5) is 16.1. The molecule has 148 valence electrons. The molecule has 1 saturated heterocycles. The van der Waals surface area contributed by atoms with Gasteiger partial charge in [0.25, 0.3) is 0 Å². The molecule has 0 unspecified atom stereocenters. The molecule has 2 aromatic rings. The van der Waals surface area contributed by atoms with Crippen molar-refractivity contribution in [1.29, 1.82) is 0 Å². The van der Waals surface area contributed by atoms with Crippen LogP contribution in [0.4, 0.5) is 31.5 Å². The van der Waals surface area contributed by atoms with Gasteiger partial charge in [-0.3, -0.25) is 4.79 Å². The second kappa shape index (κ2) is 7.17. The molecular formula is C16H15F6N3OS. The minimum atomic E-state index is -4.86. The third-order valence-electron chi connectivity index (χ3n) is 4.40. The summed E-state index contributed by atoms with van der Waals surface area (Å²) >= 11 is 1.21. The number of anilines is 1. The Hall–Kier alpha value is -2.04. The number of likely N-dealkylation sites (tertiary alicyclic amines) is 1. The average molecular weight is 411 g/mol. The third-order valence-corrected chi connectivity index (χ3v) is 5.40. The predicted octanol–water partition coefficient (Wildman–Crippen LogP) is 4.53. The first-order chi connectivity index (χ1) is 12.5. The molecule has 11 heteroatoms. The maximum Gasteiger partial charge on any atom is 0.471 e. The van der Waals surface area contributed by atoms with Crippen molar-refractivity contribution in [1.82, 2.24) is 9.88 Å². The van der Waals surface area contributed by atoms with E-state index in [0.29, 0.717) is 29.2 Å². The summed E-state index contributed by atoms with van der Waals surface area (Å²) < 4.78 is 76.1. The van der Waals surface area contributed by atoms with Crippen LogP contribution in [0.1, 0.15) is 18.4 Å². The van der Waals surface area contributed by atoms with Crippen LogP contribution in [0.5, 0.6) is 0 Å². The van der Waals surface area contributed by atoms with Crippen molar-refractivity contribution in [3.05, 3.63) is 23.8 Å². The van der Waals surface area contributed by atoms with E-state index >= 15 is 0 Å². The van der Waals surface area contributed by atoms with E-state index in [1.54, 1.807) is 0 Å². The lowest BCUT2D eigenvalue weighted by Gasteiger charge is -2.32. The highest BCUT2D eigenvalue weighted by atomic mass is 32.1. The number of hydrogen-bond donors (Lipinski definition) is 1. The van der Waals surface area contributed by atoms with E-state index in [4.69, 9.17) is 0 Å². The van der Waals surface area contributed by atoms with Gasteiger partial charge >= 0.3 is 18.3 Å². The van der Waals surface area contributed by atoms with E-state index in [1.165, 1.54) is 17.4 Å².